The van der Waals surface area contributed by atoms with Crippen molar-refractivity contribution in [1.29, 1.82) is 0 Å². The lowest BCUT2D eigenvalue weighted by atomic mass is 9.80. The maximum absolute atomic E-state index is 5.36. The molecule has 1 aliphatic rings. The largest absolute Gasteiger partial charge is 0.399 e. The van der Waals surface area contributed by atoms with Crippen molar-refractivity contribution < 1.29 is 0 Å². The van der Waals surface area contributed by atoms with Crippen LogP contribution < -0.4 is 10.6 Å². The normalized spacial score (nSPS) is 18.7. The number of nitrogens with zero attached hydrogens (tertiary/aromatic N) is 1. The third-order valence-electron chi connectivity index (χ3n) is 4.31. The van der Waals surface area contributed by atoms with E-state index in [9.17, 15) is 0 Å². The van der Waals surface area contributed by atoms with E-state index in [1.54, 1.807) is 0 Å². The number of anilines is 2. The van der Waals surface area contributed by atoms with E-state index in [0.717, 1.165) is 5.69 Å². The Bertz CT molecular complexity index is 629. The Balaban J connectivity index is 0.000000211. The highest BCUT2D eigenvalue weighted by Crippen LogP contribution is 2.44. The number of likely N-dealkylation sites (N-methyl/N-ethyl adjacent to an activating group) is 1. The van der Waals surface area contributed by atoms with Crippen LogP contribution in [0.4, 0.5) is 11.4 Å². The van der Waals surface area contributed by atoms with E-state index in [4.69, 9.17) is 5.73 Å². The highest BCUT2D eigenvalue weighted by molar-refractivity contribution is 5.64. The molecule has 0 saturated carbocycles. The lowest BCUT2D eigenvalue weighted by molar-refractivity contribution is 0.487. The van der Waals surface area contributed by atoms with Crippen LogP contribution in [0.25, 0.3) is 0 Å². The first-order valence-electron chi connectivity index (χ1n) is 7.74. The molecule has 0 aromatic heterocycles. The lowest BCUT2D eigenvalue weighted by Crippen LogP contribution is -2.37. The molecule has 1 unspecified atom stereocenters. The molecule has 0 fully saturated rings. The molecule has 22 heavy (non-hydrogen) atoms. The molecule has 0 radical (unpaired) electrons. The summed E-state index contributed by atoms with van der Waals surface area (Å²) in [7, 11) is 2.18. The Morgan fingerprint density at radius 1 is 1.00 bits per heavy atom. The molecule has 2 heteroatoms. The first-order chi connectivity index (χ1) is 10.5. The molecule has 0 aliphatic carbocycles. The van der Waals surface area contributed by atoms with Crippen molar-refractivity contribution in [3.8, 4) is 0 Å². The summed E-state index contributed by atoms with van der Waals surface area (Å²) in [5, 5.41) is 0. The second-order valence-electron chi connectivity index (χ2n) is 6.23. The van der Waals surface area contributed by atoms with Gasteiger partial charge < -0.3 is 10.6 Å². The van der Waals surface area contributed by atoms with Crippen LogP contribution in [0.3, 0.4) is 0 Å². The topological polar surface area (TPSA) is 29.3 Å². The fraction of sp³-hybridized carbons (Fsp3) is 0.300. The average molecular weight is 294 g/mol. The van der Waals surface area contributed by atoms with Crippen molar-refractivity contribution >= 4 is 11.4 Å². The minimum atomic E-state index is 0.206. The fourth-order valence-corrected chi connectivity index (χ4v) is 3.12. The van der Waals surface area contributed by atoms with Crippen molar-refractivity contribution in [3.05, 3.63) is 72.3 Å². The molecule has 3 rings (SSSR count). The minimum absolute atomic E-state index is 0.206. The summed E-state index contributed by atoms with van der Waals surface area (Å²) in [5.41, 5.74) is 9.21. The smallest absolute Gasteiger partial charge is 0.0562 e. The van der Waals surface area contributed by atoms with Gasteiger partial charge >= 0.3 is 0 Å². The maximum Gasteiger partial charge on any atom is 0.0562 e. The van der Waals surface area contributed by atoms with Gasteiger partial charge in [0.1, 0.15) is 0 Å². The molecule has 2 aromatic carbocycles. The van der Waals surface area contributed by atoms with Gasteiger partial charge in [-0.15, -0.1) is 0 Å². The average Bonchev–Trinajstić information content (AvgIpc) is 2.71. The third-order valence-corrected chi connectivity index (χ3v) is 4.31. The van der Waals surface area contributed by atoms with Crippen LogP contribution in [0.15, 0.2) is 66.7 Å². The predicted molar refractivity (Wildman–Crippen MR) is 97.3 cm³/mol. The third kappa shape index (κ3) is 3.16. The summed E-state index contributed by atoms with van der Waals surface area (Å²) in [4.78, 5) is 2.37. The molecule has 2 aromatic rings. The summed E-state index contributed by atoms with van der Waals surface area (Å²) in [5.74, 6) is 0. The highest BCUT2D eigenvalue weighted by atomic mass is 15.2. The van der Waals surface area contributed by atoms with E-state index in [0.29, 0.717) is 6.04 Å². The molecular weight excluding hydrogens is 268 g/mol. The molecular formula is C20H26N2. The summed E-state index contributed by atoms with van der Waals surface area (Å²) in [6.45, 7) is 6.73. The fourth-order valence-electron chi connectivity index (χ4n) is 3.12. The number of hydrogen-bond acceptors (Lipinski definition) is 2. The zero-order valence-electron chi connectivity index (χ0n) is 14.0. The number of nitrogen functional groups attached to an aromatic ring is 1. The number of hydrogen-bond donors (Lipinski definition) is 1. The summed E-state index contributed by atoms with van der Waals surface area (Å²) >= 11 is 0. The van der Waals surface area contributed by atoms with Gasteiger partial charge in [-0.2, -0.15) is 0 Å². The minimum Gasteiger partial charge on any atom is -0.399 e. The highest BCUT2D eigenvalue weighted by Gasteiger charge is 2.40. The van der Waals surface area contributed by atoms with Crippen LogP contribution in [0.5, 0.6) is 0 Å². The zero-order chi connectivity index (χ0) is 16.2. The van der Waals surface area contributed by atoms with Crippen molar-refractivity contribution in [3.63, 3.8) is 0 Å². The summed E-state index contributed by atoms with van der Waals surface area (Å²) in [6.07, 6.45) is 4.44. The standard InChI is InChI=1S/C14H19N.C6H7N/c1-5-8-13-14(2,3)11-9-6-7-10-12(11)15(13)4;7-6-4-2-1-3-5-6/h5-10,13H,1-4H3;1-5H,7H2/b8-5+;. The zero-order valence-corrected chi connectivity index (χ0v) is 14.0. The molecule has 2 nitrogen and oxygen atoms in total. The van der Waals surface area contributed by atoms with Crippen LogP contribution >= 0.6 is 0 Å². The van der Waals surface area contributed by atoms with Gasteiger partial charge in [-0.05, 0) is 30.7 Å². The number of allylic oxidation sites excluding steroid dienone is 1. The SMILES string of the molecule is C/C=C/C1N(C)c2ccccc2C1(C)C.Nc1ccccc1. The second-order valence-corrected chi connectivity index (χ2v) is 6.23. The van der Waals surface area contributed by atoms with E-state index in [1.165, 1.54) is 11.3 Å². The van der Waals surface area contributed by atoms with Crippen LogP contribution in [0, 0.1) is 0 Å². The number of benzene rings is 2. The van der Waals surface area contributed by atoms with Gasteiger partial charge in [-0.3, -0.25) is 0 Å². The van der Waals surface area contributed by atoms with Crippen molar-refractivity contribution in [2.45, 2.75) is 32.2 Å². The van der Waals surface area contributed by atoms with Gasteiger partial charge in [0.05, 0.1) is 6.04 Å². The molecule has 0 bridgehead atoms. The van der Waals surface area contributed by atoms with Crippen molar-refractivity contribution in [2.24, 2.45) is 0 Å². The Morgan fingerprint density at radius 3 is 2.09 bits per heavy atom. The van der Waals surface area contributed by atoms with E-state index >= 15 is 0 Å². The number of nitrogens with two attached hydrogens (primary N) is 1. The number of para-hydroxylation sites is 2. The molecule has 0 amide bonds. The van der Waals surface area contributed by atoms with Crippen molar-refractivity contribution in [2.75, 3.05) is 17.7 Å². The van der Waals surface area contributed by atoms with Crippen LogP contribution in [0.1, 0.15) is 26.3 Å². The number of fused-ring (bicyclic) bond motifs is 1. The maximum atomic E-state index is 5.36. The second kappa shape index (κ2) is 6.69. The lowest BCUT2D eigenvalue weighted by Gasteiger charge is -2.29. The van der Waals surface area contributed by atoms with E-state index in [-0.39, 0.29) is 5.41 Å². The molecule has 1 aliphatic heterocycles. The first kappa shape index (κ1) is 16.2. The van der Waals surface area contributed by atoms with Gasteiger partial charge in [0, 0.05) is 23.8 Å². The van der Waals surface area contributed by atoms with Crippen LogP contribution in [-0.4, -0.2) is 13.1 Å². The van der Waals surface area contributed by atoms with Crippen molar-refractivity contribution in [1.82, 2.24) is 0 Å². The van der Waals surface area contributed by atoms with Gasteiger partial charge in [0.25, 0.3) is 0 Å². The first-order valence-corrected chi connectivity index (χ1v) is 7.74. The molecule has 0 spiro atoms. The molecule has 2 N–H and O–H groups in total. The Labute approximate surface area is 134 Å². The summed E-state index contributed by atoms with van der Waals surface area (Å²) in [6, 6.07) is 18.7. The van der Waals surface area contributed by atoms with Crippen LogP contribution in [-0.2, 0) is 5.41 Å². The molecule has 1 atom stereocenters. The van der Waals surface area contributed by atoms with Crippen LogP contribution in [0.2, 0.25) is 0 Å². The Hall–Kier alpha value is -2.22. The molecule has 0 saturated heterocycles. The van der Waals surface area contributed by atoms with Gasteiger partial charge in [0.15, 0.2) is 0 Å². The molecule has 116 valence electrons. The van der Waals surface area contributed by atoms with Gasteiger partial charge in [0.2, 0.25) is 0 Å². The monoisotopic (exact) mass is 294 g/mol. The van der Waals surface area contributed by atoms with Gasteiger partial charge in [-0.25, -0.2) is 0 Å². The van der Waals surface area contributed by atoms with E-state index < -0.39 is 0 Å². The van der Waals surface area contributed by atoms with Gasteiger partial charge in [-0.1, -0.05) is 62.4 Å². The quantitative estimate of drug-likeness (QED) is 0.614. The van der Waals surface area contributed by atoms with E-state index in [2.05, 4.69) is 69.1 Å². The summed E-state index contributed by atoms with van der Waals surface area (Å²) < 4.78 is 0. The molecule has 1 heterocycles. The predicted octanol–water partition coefficient (Wildman–Crippen LogP) is 4.63. The Morgan fingerprint density at radius 2 is 1.59 bits per heavy atom. The Kier molecular flexibility index (Phi) is 4.92. The van der Waals surface area contributed by atoms with E-state index in [1.807, 2.05) is 30.3 Å². The number of rotatable bonds is 1.